The molecule has 0 saturated carbocycles. The standard InChI is InChI=1S/C19H19N5OS/c1-12-5-6-14-13(10-12)4-3-8-23(14)11-16-20-21-19-22(2)18(25)17-15(24(16)19)7-9-26-17/h5-7,9-10H,3-4,8,11H2,1-2H3. The Labute approximate surface area is 154 Å². The molecule has 4 aromatic rings. The Morgan fingerprint density at radius 3 is 3.00 bits per heavy atom. The summed E-state index contributed by atoms with van der Waals surface area (Å²) in [5.41, 5.74) is 4.87. The van der Waals surface area contributed by atoms with Gasteiger partial charge in [-0.3, -0.25) is 13.8 Å². The molecule has 1 aliphatic rings. The summed E-state index contributed by atoms with van der Waals surface area (Å²) in [6, 6.07) is 8.64. The summed E-state index contributed by atoms with van der Waals surface area (Å²) >= 11 is 1.47. The van der Waals surface area contributed by atoms with Crippen LogP contribution in [0.2, 0.25) is 0 Å². The minimum absolute atomic E-state index is 0.0137. The summed E-state index contributed by atoms with van der Waals surface area (Å²) in [7, 11) is 1.76. The van der Waals surface area contributed by atoms with Crippen LogP contribution in [0.15, 0.2) is 34.4 Å². The average Bonchev–Trinajstić information content (AvgIpc) is 3.26. The number of thiophene rings is 1. The third-order valence-electron chi connectivity index (χ3n) is 5.18. The van der Waals surface area contributed by atoms with Gasteiger partial charge in [-0.2, -0.15) is 0 Å². The van der Waals surface area contributed by atoms with Crippen LogP contribution in [-0.2, 0) is 20.0 Å². The highest BCUT2D eigenvalue weighted by Gasteiger charge is 2.21. The van der Waals surface area contributed by atoms with Crippen molar-refractivity contribution in [2.75, 3.05) is 11.4 Å². The first-order chi connectivity index (χ1) is 12.6. The summed E-state index contributed by atoms with van der Waals surface area (Å²) < 4.78 is 4.36. The van der Waals surface area contributed by atoms with E-state index in [9.17, 15) is 4.79 Å². The lowest BCUT2D eigenvalue weighted by Gasteiger charge is -2.31. The Hall–Kier alpha value is -2.67. The molecule has 6 nitrogen and oxygen atoms in total. The van der Waals surface area contributed by atoms with E-state index in [1.54, 1.807) is 11.6 Å². The zero-order valence-electron chi connectivity index (χ0n) is 14.8. The molecule has 132 valence electrons. The summed E-state index contributed by atoms with van der Waals surface area (Å²) in [4.78, 5) is 14.9. The molecule has 3 aromatic heterocycles. The molecule has 26 heavy (non-hydrogen) atoms. The maximum atomic E-state index is 12.5. The number of anilines is 1. The molecule has 0 aliphatic carbocycles. The first kappa shape index (κ1) is 15.6. The second-order valence-corrected chi connectivity index (χ2v) is 7.82. The molecule has 0 bridgehead atoms. The third-order valence-corrected chi connectivity index (χ3v) is 6.07. The summed E-state index contributed by atoms with van der Waals surface area (Å²) in [5, 5.41) is 10.7. The van der Waals surface area contributed by atoms with Crippen molar-refractivity contribution in [3.63, 3.8) is 0 Å². The van der Waals surface area contributed by atoms with Crippen molar-refractivity contribution in [3.05, 3.63) is 57.0 Å². The minimum Gasteiger partial charge on any atom is -0.364 e. The van der Waals surface area contributed by atoms with Crippen LogP contribution in [0.4, 0.5) is 5.69 Å². The Balaban J connectivity index is 1.65. The van der Waals surface area contributed by atoms with Crippen LogP contribution in [-0.4, -0.2) is 25.7 Å². The van der Waals surface area contributed by atoms with Crippen molar-refractivity contribution < 1.29 is 0 Å². The van der Waals surface area contributed by atoms with E-state index in [2.05, 4.69) is 40.2 Å². The Morgan fingerprint density at radius 2 is 2.12 bits per heavy atom. The largest absolute Gasteiger partial charge is 0.364 e. The highest BCUT2D eigenvalue weighted by Crippen LogP contribution is 2.29. The van der Waals surface area contributed by atoms with E-state index in [-0.39, 0.29) is 5.56 Å². The zero-order chi connectivity index (χ0) is 17.8. The van der Waals surface area contributed by atoms with Gasteiger partial charge in [0, 0.05) is 19.3 Å². The topological polar surface area (TPSA) is 55.4 Å². The SMILES string of the molecule is Cc1ccc2c(c1)CCCN2Cc1nnc2n(C)c(=O)c3sccc3n12. The van der Waals surface area contributed by atoms with E-state index in [1.165, 1.54) is 28.2 Å². The van der Waals surface area contributed by atoms with Crippen LogP contribution in [0.1, 0.15) is 23.4 Å². The molecule has 1 aliphatic heterocycles. The van der Waals surface area contributed by atoms with Gasteiger partial charge in [0.05, 0.1) is 12.1 Å². The lowest BCUT2D eigenvalue weighted by molar-refractivity contribution is 0.671. The van der Waals surface area contributed by atoms with E-state index >= 15 is 0 Å². The van der Waals surface area contributed by atoms with E-state index in [1.807, 2.05) is 15.8 Å². The molecule has 7 heteroatoms. The van der Waals surface area contributed by atoms with Gasteiger partial charge in [0.25, 0.3) is 5.56 Å². The van der Waals surface area contributed by atoms with E-state index in [0.29, 0.717) is 12.3 Å². The number of aromatic nitrogens is 4. The number of fused-ring (bicyclic) bond motifs is 4. The molecule has 0 saturated heterocycles. The Bertz CT molecular complexity index is 1200. The van der Waals surface area contributed by atoms with Crippen molar-refractivity contribution in [3.8, 4) is 0 Å². The molecule has 0 amide bonds. The van der Waals surface area contributed by atoms with E-state index in [4.69, 9.17) is 0 Å². The fraction of sp³-hybridized carbons (Fsp3) is 0.316. The lowest BCUT2D eigenvalue weighted by Crippen LogP contribution is -2.30. The predicted molar refractivity (Wildman–Crippen MR) is 104 cm³/mol. The molecule has 0 atom stereocenters. The summed E-state index contributed by atoms with van der Waals surface area (Å²) in [5.74, 6) is 1.46. The van der Waals surface area contributed by atoms with Crippen molar-refractivity contribution in [2.45, 2.75) is 26.3 Å². The van der Waals surface area contributed by atoms with Crippen LogP contribution in [0.25, 0.3) is 16.0 Å². The van der Waals surface area contributed by atoms with E-state index < -0.39 is 0 Å². The van der Waals surface area contributed by atoms with Gasteiger partial charge < -0.3 is 4.90 Å². The number of hydrogen-bond acceptors (Lipinski definition) is 5. The first-order valence-electron chi connectivity index (χ1n) is 8.78. The Morgan fingerprint density at radius 1 is 1.23 bits per heavy atom. The number of nitrogens with zero attached hydrogens (tertiary/aromatic N) is 5. The van der Waals surface area contributed by atoms with Crippen molar-refractivity contribution in [2.24, 2.45) is 7.05 Å². The molecule has 0 N–H and O–H groups in total. The maximum absolute atomic E-state index is 12.5. The number of hydrogen-bond donors (Lipinski definition) is 0. The lowest BCUT2D eigenvalue weighted by atomic mass is 9.99. The highest BCUT2D eigenvalue weighted by atomic mass is 32.1. The molecule has 0 fully saturated rings. The fourth-order valence-corrected chi connectivity index (χ4v) is 4.74. The fourth-order valence-electron chi connectivity index (χ4n) is 3.89. The Kier molecular flexibility index (Phi) is 3.40. The average molecular weight is 365 g/mol. The smallest absolute Gasteiger partial charge is 0.272 e. The third kappa shape index (κ3) is 2.20. The van der Waals surface area contributed by atoms with Crippen LogP contribution >= 0.6 is 11.3 Å². The van der Waals surface area contributed by atoms with Crippen LogP contribution in [0, 0.1) is 6.92 Å². The van der Waals surface area contributed by atoms with Gasteiger partial charge in [-0.15, -0.1) is 21.5 Å². The first-order valence-corrected chi connectivity index (χ1v) is 9.66. The van der Waals surface area contributed by atoms with Crippen LogP contribution < -0.4 is 10.5 Å². The van der Waals surface area contributed by atoms with Crippen LogP contribution in [0.3, 0.4) is 0 Å². The zero-order valence-corrected chi connectivity index (χ0v) is 15.6. The summed E-state index contributed by atoms with van der Waals surface area (Å²) in [6.07, 6.45) is 2.26. The van der Waals surface area contributed by atoms with Gasteiger partial charge in [0.15, 0.2) is 5.82 Å². The molecule has 0 unspecified atom stereocenters. The predicted octanol–water partition coefficient (Wildman–Crippen LogP) is 2.90. The molecule has 0 spiro atoms. The van der Waals surface area contributed by atoms with Crippen molar-refractivity contribution >= 4 is 33.0 Å². The molecule has 5 rings (SSSR count). The van der Waals surface area contributed by atoms with Crippen molar-refractivity contribution in [1.29, 1.82) is 0 Å². The normalized spacial score (nSPS) is 14.3. The number of benzene rings is 1. The molecule has 0 radical (unpaired) electrons. The van der Waals surface area contributed by atoms with E-state index in [0.717, 1.165) is 35.4 Å². The van der Waals surface area contributed by atoms with Gasteiger partial charge in [0.2, 0.25) is 5.78 Å². The van der Waals surface area contributed by atoms with Gasteiger partial charge in [-0.25, -0.2) is 0 Å². The van der Waals surface area contributed by atoms with Gasteiger partial charge in [0.1, 0.15) is 4.70 Å². The van der Waals surface area contributed by atoms with Gasteiger partial charge in [-0.05, 0) is 42.8 Å². The minimum atomic E-state index is -0.0137. The van der Waals surface area contributed by atoms with Crippen molar-refractivity contribution in [1.82, 2.24) is 19.2 Å². The van der Waals surface area contributed by atoms with Crippen LogP contribution in [0.5, 0.6) is 0 Å². The summed E-state index contributed by atoms with van der Waals surface area (Å²) in [6.45, 7) is 3.82. The number of aryl methyl sites for hydroxylation is 3. The van der Waals surface area contributed by atoms with Gasteiger partial charge >= 0.3 is 0 Å². The molecule has 1 aromatic carbocycles. The second-order valence-electron chi connectivity index (χ2n) is 6.91. The highest BCUT2D eigenvalue weighted by molar-refractivity contribution is 7.17. The monoisotopic (exact) mass is 365 g/mol. The number of rotatable bonds is 2. The maximum Gasteiger partial charge on any atom is 0.272 e. The van der Waals surface area contributed by atoms with Gasteiger partial charge in [-0.1, -0.05) is 17.7 Å². The molecular weight excluding hydrogens is 346 g/mol. The molecular formula is C19H19N5OS. The molecule has 4 heterocycles. The quantitative estimate of drug-likeness (QED) is 0.548. The second kappa shape index (κ2) is 5.67.